The maximum absolute atomic E-state index is 9.74. The fraction of sp³-hybridized carbons (Fsp3) is 0.700. The number of allylic oxidation sites excluding steroid dienone is 4. The highest BCUT2D eigenvalue weighted by atomic mass is 16.3. The number of hydrogen-bond acceptors (Lipinski definition) is 1. The average molecular weight is 288 g/mol. The molecule has 0 aromatic heterocycles. The molecule has 0 unspecified atom stereocenters. The van der Waals surface area contributed by atoms with E-state index in [1.165, 1.54) is 49.7 Å². The Balaban J connectivity index is 2.05. The zero-order chi connectivity index (χ0) is 15.7. The molecule has 118 valence electrons. The van der Waals surface area contributed by atoms with Gasteiger partial charge in [-0.15, -0.1) is 0 Å². The van der Waals surface area contributed by atoms with E-state index in [9.17, 15) is 5.11 Å². The molecular formula is C20H32O. The Bertz CT molecular complexity index is 449. The van der Waals surface area contributed by atoms with Crippen molar-refractivity contribution in [1.29, 1.82) is 0 Å². The van der Waals surface area contributed by atoms with Gasteiger partial charge >= 0.3 is 0 Å². The van der Waals surface area contributed by atoms with E-state index in [1.54, 1.807) is 0 Å². The monoisotopic (exact) mass is 288 g/mol. The minimum atomic E-state index is -0.723. The number of hydrogen-bond donors (Lipinski definition) is 1. The van der Waals surface area contributed by atoms with E-state index in [0.29, 0.717) is 17.3 Å². The molecule has 3 atom stereocenters. The van der Waals surface area contributed by atoms with Crippen LogP contribution in [0.3, 0.4) is 0 Å². The van der Waals surface area contributed by atoms with E-state index in [4.69, 9.17) is 0 Å². The Morgan fingerprint density at radius 1 is 1.38 bits per heavy atom. The van der Waals surface area contributed by atoms with Crippen molar-refractivity contribution in [2.75, 3.05) is 0 Å². The summed E-state index contributed by atoms with van der Waals surface area (Å²) in [7, 11) is 0. The fourth-order valence-corrected chi connectivity index (χ4v) is 4.20. The molecular weight excluding hydrogens is 256 g/mol. The number of aliphatic hydroxyl groups is 1. The van der Waals surface area contributed by atoms with Crippen LogP contribution >= 0.6 is 0 Å². The van der Waals surface area contributed by atoms with Gasteiger partial charge in [-0.3, -0.25) is 0 Å². The molecule has 2 fully saturated rings. The molecule has 21 heavy (non-hydrogen) atoms. The summed E-state index contributed by atoms with van der Waals surface area (Å²) < 4.78 is 0. The molecule has 2 rings (SSSR count). The van der Waals surface area contributed by atoms with Crippen molar-refractivity contribution in [3.63, 3.8) is 0 Å². The van der Waals surface area contributed by atoms with Gasteiger partial charge in [-0.05, 0) is 76.5 Å². The van der Waals surface area contributed by atoms with Crippen molar-refractivity contribution in [3.05, 3.63) is 36.0 Å². The van der Waals surface area contributed by atoms with Crippen LogP contribution in [-0.2, 0) is 0 Å². The van der Waals surface area contributed by atoms with E-state index in [-0.39, 0.29) is 0 Å². The van der Waals surface area contributed by atoms with Gasteiger partial charge in [0.1, 0.15) is 0 Å². The Morgan fingerprint density at radius 3 is 2.76 bits per heavy atom. The SMILES string of the molecule is C=C1CCC[C@@]2(C)CC[C@@H](/C(C)=C\C=C/C(C)(C)O)C[C@@H]12. The fourth-order valence-electron chi connectivity index (χ4n) is 4.20. The first-order valence-electron chi connectivity index (χ1n) is 8.47. The van der Waals surface area contributed by atoms with Crippen LogP contribution in [0.2, 0.25) is 0 Å². The van der Waals surface area contributed by atoms with Crippen molar-refractivity contribution in [2.24, 2.45) is 17.3 Å². The normalized spacial score (nSPS) is 35.1. The molecule has 0 aromatic rings. The highest BCUT2D eigenvalue weighted by Gasteiger charge is 2.42. The molecule has 1 N–H and O–H groups in total. The molecule has 2 aliphatic rings. The van der Waals surface area contributed by atoms with Crippen LogP contribution in [0.15, 0.2) is 36.0 Å². The zero-order valence-electron chi connectivity index (χ0n) is 14.3. The lowest BCUT2D eigenvalue weighted by molar-refractivity contribution is 0.0831. The molecule has 1 heteroatoms. The predicted molar refractivity (Wildman–Crippen MR) is 91.1 cm³/mol. The van der Waals surface area contributed by atoms with Crippen LogP contribution in [0, 0.1) is 17.3 Å². The first-order valence-corrected chi connectivity index (χ1v) is 8.47. The first-order chi connectivity index (χ1) is 9.71. The van der Waals surface area contributed by atoms with E-state index in [1.807, 2.05) is 26.0 Å². The summed E-state index contributed by atoms with van der Waals surface area (Å²) in [5, 5.41) is 9.74. The summed E-state index contributed by atoms with van der Waals surface area (Å²) in [5.41, 5.74) is 2.73. The molecule has 2 aliphatic carbocycles. The van der Waals surface area contributed by atoms with E-state index >= 15 is 0 Å². The largest absolute Gasteiger partial charge is 0.386 e. The van der Waals surface area contributed by atoms with Crippen molar-refractivity contribution in [1.82, 2.24) is 0 Å². The lowest BCUT2D eigenvalue weighted by atomic mass is 9.56. The summed E-state index contributed by atoms with van der Waals surface area (Å²) in [6, 6.07) is 0. The summed E-state index contributed by atoms with van der Waals surface area (Å²) >= 11 is 0. The third kappa shape index (κ3) is 4.10. The number of rotatable bonds is 3. The predicted octanol–water partition coefficient (Wildman–Crippen LogP) is 5.42. The molecule has 0 saturated heterocycles. The highest BCUT2D eigenvalue weighted by molar-refractivity contribution is 5.20. The number of fused-ring (bicyclic) bond motifs is 1. The third-order valence-electron chi connectivity index (χ3n) is 5.67. The van der Waals surface area contributed by atoms with E-state index < -0.39 is 5.60 Å². The van der Waals surface area contributed by atoms with Crippen molar-refractivity contribution in [3.8, 4) is 0 Å². The molecule has 0 heterocycles. The zero-order valence-corrected chi connectivity index (χ0v) is 14.3. The summed E-state index contributed by atoms with van der Waals surface area (Å²) in [6.07, 6.45) is 13.9. The highest BCUT2D eigenvalue weighted by Crippen LogP contribution is 2.54. The van der Waals surface area contributed by atoms with Crippen LogP contribution in [0.4, 0.5) is 0 Å². The first kappa shape index (κ1) is 16.5. The maximum atomic E-state index is 9.74. The molecule has 0 aliphatic heterocycles. The smallest absolute Gasteiger partial charge is 0.0774 e. The summed E-state index contributed by atoms with van der Waals surface area (Å²) in [4.78, 5) is 0. The van der Waals surface area contributed by atoms with E-state index in [2.05, 4.69) is 26.5 Å². The third-order valence-corrected chi connectivity index (χ3v) is 5.67. The van der Waals surface area contributed by atoms with Gasteiger partial charge in [-0.1, -0.05) is 42.9 Å². The van der Waals surface area contributed by atoms with Gasteiger partial charge < -0.3 is 5.11 Å². The van der Waals surface area contributed by atoms with E-state index in [0.717, 1.165) is 0 Å². The van der Waals surface area contributed by atoms with Gasteiger partial charge in [0.05, 0.1) is 5.60 Å². The maximum Gasteiger partial charge on any atom is 0.0774 e. The minimum Gasteiger partial charge on any atom is -0.386 e. The summed E-state index contributed by atoms with van der Waals surface area (Å²) in [6.45, 7) is 12.7. The Kier molecular flexibility index (Phi) is 4.82. The Labute approximate surface area is 130 Å². The molecule has 0 bridgehead atoms. The van der Waals surface area contributed by atoms with Gasteiger partial charge in [0.2, 0.25) is 0 Å². The van der Waals surface area contributed by atoms with Crippen LogP contribution in [0.25, 0.3) is 0 Å². The van der Waals surface area contributed by atoms with Crippen molar-refractivity contribution >= 4 is 0 Å². The van der Waals surface area contributed by atoms with Gasteiger partial charge in [0, 0.05) is 0 Å². The molecule has 1 nitrogen and oxygen atoms in total. The molecule has 2 saturated carbocycles. The second-order valence-electron chi connectivity index (χ2n) is 8.11. The van der Waals surface area contributed by atoms with Crippen molar-refractivity contribution < 1.29 is 5.11 Å². The van der Waals surface area contributed by atoms with Crippen LogP contribution in [0.1, 0.15) is 66.2 Å². The average Bonchev–Trinajstić information content (AvgIpc) is 2.36. The van der Waals surface area contributed by atoms with Crippen LogP contribution in [-0.4, -0.2) is 10.7 Å². The van der Waals surface area contributed by atoms with Gasteiger partial charge in [-0.2, -0.15) is 0 Å². The molecule has 0 amide bonds. The molecule has 0 spiro atoms. The summed E-state index contributed by atoms with van der Waals surface area (Å²) in [5.74, 6) is 1.40. The quantitative estimate of drug-likeness (QED) is 0.543. The molecule has 0 aromatic carbocycles. The van der Waals surface area contributed by atoms with Gasteiger partial charge in [0.15, 0.2) is 0 Å². The lowest BCUT2D eigenvalue weighted by Gasteiger charge is -2.49. The van der Waals surface area contributed by atoms with Crippen LogP contribution in [0.5, 0.6) is 0 Å². The van der Waals surface area contributed by atoms with Crippen LogP contribution < -0.4 is 0 Å². The Morgan fingerprint density at radius 2 is 2.10 bits per heavy atom. The van der Waals surface area contributed by atoms with Gasteiger partial charge in [0.25, 0.3) is 0 Å². The Hall–Kier alpha value is -0.820. The lowest BCUT2D eigenvalue weighted by Crippen LogP contribution is -2.38. The minimum absolute atomic E-state index is 0.509. The second-order valence-corrected chi connectivity index (χ2v) is 8.11. The van der Waals surface area contributed by atoms with Gasteiger partial charge in [-0.25, -0.2) is 0 Å². The standard InChI is InChI=1S/C20H32O/c1-15(8-6-11-19(3,4)21)17-10-13-20(5)12-7-9-16(2)18(20)14-17/h6,8,11,17-18,21H,2,7,9-10,12-14H2,1,3-5H3/b11-6-,15-8-/t17-,18+,20+/m1/s1. The second kappa shape index (κ2) is 6.12. The molecule has 0 radical (unpaired) electrons. The van der Waals surface area contributed by atoms with Crippen molar-refractivity contribution in [2.45, 2.75) is 71.8 Å². The topological polar surface area (TPSA) is 20.2 Å².